The molecule has 0 saturated carbocycles. The average molecular weight is 602 g/mol. The van der Waals surface area contributed by atoms with Crippen molar-refractivity contribution >= 4 is 23.9 Å². The SMILES string of the molecule is CCCCC(C)=C[C@@H](NC(=O)[C@@H](NC(=O)[C@@H](N(C)C(=O)OC(C)(C)C(=O)O)C(C)(C)c1ccccc1)C(C)(C)C)C(C)C. The van der Waals surface area contributed by atoms with Gasteiger partial charge in [-0.25, -0.2) is 9.59 Å². The molecule has 3 N–H and O–H groups in total. The van der Waals surface area contributed by atoms with Gasteiger partial charge in [0.05, 0.1) is 0 Å². The topological polar surface area (TPSA) is 125 Å². The van der Waals surface area contributed by atoms with Crippen LogP contribution in [0.2, 0.25) is 0 Å². The highest BCUT2D eigenvalue weighted by molar-refractivity contribution is 5.93. The molecule has 43 heavy (non-hydrogen) atoms. The van der Waals surface area contributed by atoms with Gasteiger partial charge in [0.1, 0.15) is 12.1 Å². The number of hydrogen-bond donors (Lipinski definition) is 3. The number of aliphatic carboxylic acids is 1. The second-order valence-corrected chi connectivity index (χ2v) is 14.0. The van der Waals surface area contributed by atoms with Gasteiger partial charge in [-0.05, 0) is 50.5 Å². The van der Waals surface area contributed by atoms with Crippen LogP contribution in [0.5, 0.6) is 0 Å². The van der Waals surface area contributed by atoms with E-state index in [-0.39, 0.29) is 17.9 Å². The fourth-order valence-electron chi connectivity index (χ4n) is 4.84. The predicted molar refractivity (Wildman–Crippen MR) is 171 cm³/mol. The number of carboxylic acid groups (broad SMARTS) is 1. The molecule has 0 aliphatic carbocycles. The first-order chi connectivity index (χ1) is 19.7. The number of carbonyl (C=O) groups is 4. The number of likely N-dealkylation sites (N-methyl/N-ethyl adjacent to an activating group) is 1. The zero-order chi connectivity index (χ0) is 33.3. The van der Waals surface area contributed by atoms with Crippen LogP contribution in [0.3, 0.4) is 0 Å². The third-order valence-electron chi connectivity index (χ3n) is 7.81. The van der Waals surface area contributed by atoms with Gasteiger partial charge in [-0.15, -0.1) is 0 Å². The number of amides is 3. The number of allylic oxidation sites excluding steroid dienone is 1. The van der Waals surface area contributed by atoms with E-state index < -0.39 is 46.5 Å². The number of nitrogens with one attached hydrogen (secondary N) is 2. The molecule has 242 valence electrons. The van der Waals surface area contributed by atoms with E-state index in [1.165, 1.54) is 26.5 Å². The molecule has 0 aliphatic rings. The first-order valence-corrected chi connectivity index (χ1v) is 15.2. The minimum absolute atomic E-state index is 0.125. The van der Waals surface area contributed by atoms with E-state index in [1.807, 2.05) is 78.8 Å². The molecule has 9 heteroatoms. The lowest BCUT2D eigenvalue weighted by Gasteiger charge is -2.41. The van der Waals surface area contributed by atoms with Crippen molar-refractivity contribution in [3.63, 3.8) is 0 Å². The molecule has 0 saturated heterocycles. The average Bonchev–Trinajstić information content (AvgIpc) is 2.89. The number of carbonyl (C=O) groups excluding carboxylic acids is 3. The van der Waals surface area contributed by atoms with Crippen LogP contribution in [-0.2, 0) is 24.5 Å². The molecule has 3 amide bonds. The maximum atomic E-state index is 14.2. The van der Waals surface area contributed by atoms with Crippen molar-refractivity contribution in [3.8, 4) is 0 Å². The summed E-state index contributed by atoms with van der Waals surface area (Å²) in [4.78, 5) is 54.1. The van der Waals surface area contributed by atoms with Crippen molar-refractivity contribution in [2.24, 2.45) is 11.3 Å². The lowest BCUT2D eigenvalue weighted by Crippen LogP contribution is -2.63. The van der Waals surface area contributed by atoms with Crippen molar-refractivity contribution < 1.29 is 29.0 Å². The number of benzene rings is 1. The van der Waals surface area contributed by atoms with E-state index in [9.17, 15) is 24.3 Å². The number of unbranched alkanes of at least 4 members (excludes halogenated alkanes) is 1. The number of nitrogens with zero attached hydrogens (tertiary/aromatic N) is 1. The number of hydrogen-bond acceptors (Lipinski definition) is 5. The monoisotopic (exact) mass is 601 g/mol. The van der Waals surface area contributed by atoms with Crippen LogP contribution in [0.4, 0.5) is 4.79 Å². The van der Waals surface area contributed by atoms with E-state index in [4.69, 9.17) is 4.74 Å². The summed E-state index contributed by atoms with van der Waals surface area (Å²) in [6, 6.07) is 6.94. The summed E-state index contributed by atoms with van der Waals surface area (Å²) in [5.41, 5.74) is -1.46. The summed E-state index contributed by atoms with van der Waals surface area (Å²) >= 11 is 0. The lowest BCUT2D eigenvalue weighted by atomic mass is 9.76. The van der Waals surface area contributed by atoms with E-state index in [0.717, 1.165) is 29.7 Å². The lowest BCUT2D eigenvalue weighted by molar-refractivity contribution is -0.156. The van der Waals surface area contributed by atoms with Crippen LogP contribution in [0.25, 0.3) is 0 Å². The second kappa shape index (κ2) is 15.4. The van der Waals surface area contributed by atoms with Crippen molar-refractivity contribution in [2.45, 2.75) is 125 Å². The molecule has 1 aromatic rings. The molecule has 9 nitrogen and oxygen atoms in total. The zero-order valence-electron chi connectivity index (χ0n) is 28.3. The van der Waals surface area contributed by atoms with Crippen molar-refractivity contribution in [1.29, 1.82) is 0 Å². The second-order valence-electron chi connectivity index (χ2n) is 14.0. The summed E-state index contributed by atoms with van der Waals surface area (Å²) in [7, 11) is 1.40. The summed E-state index contributed by atoms with van der Waals surface area (Å²) in [5.74, 6) is -2.08. The van der Waals surface area contributed by atoms with Crippen molar-refractivity contribution in [1.82, 2.24) is 15.5 Å². The third kappa shape index (κ3) is 10.7. The van der Waals surface area contributed by atoms with Gasteiger partial charge in [-0.1, -0.05) is 104 Å². The van der Waals surface area contributed by atoms with Gasteiger partial charge in [0.25, 0.3) is 0 Å². The maximum Gasteiger partial charge on any atom is 0.411 e. The Labute approximate surface area is 258 Å². The van der Waals surface area contributed by atoms with Crippen LogP contribution in [0.1, 0.15) is 101 Å². The van der Waals surface area contributed by atoms with Crippen LogP contribution >= 0.6 is 0 Å². The fourth-order valence-corrected chi connectivity index (χ4v) is 4.84. The molecule has 3 atom stereocenters. The Balaban J connectivity index is 3.50. The molecule has 0 fully saturated rings. The Morgan fingerprint density at radius 3 is 1.98 bits per heavy atom. The van der Waals surface area contributed by atoms with Crippen molar-refractivity contribution in [3.05, 3.63) is 47.5 Å². The van der Waals surface area contributed by atoms with Crippen LogP contribution in [0.15, 0.2) is 42.0 Å². The quantitative estimate of drug-likeness (QED) is 0.222. The highest BCUT2D eigenvalue weighted by atomic mass is 16.6. The Morgan fingerprint density at radius 2 is 1.51 bits per heavy atom. The van der Waals surface area contributed by atoms with Gasteiger partial charge < -0.3 is 20.5 Å². The Hall–Kier alpha value is -3.36. The molecule has 0 spiro atoms. The molecule has 0 heterocycles. The summed E-state index contributed by atoms with van der Waals surface area (Å²) in [6.45, 7) is 20.1. The third-order valence-corrected chi connectivity index (χ3v) is 7.81. The summed E-state index contributed by atoms with van der Waals surface area (Å²) in [5, 5.41) is 15.6. The Bertz CT molecular complexity index is 1130. The number of rotatable bonds is 14. The Morgan fingerprint density at radius 1 is 0.953 bits per heavy atom. The van der Waals surface area contributed by atoms with E-state index >= 15 is 0 Å². The molecule has 0 unspecified atom stereocenters. The first kappa shape index (κ1) is 37.7. The molecule has 0 aromatic heterocycles. The molecule has 0 radical (unpaired) electrons. The smallest absolute Gasteiger partial charge is 0.411 e. The molecular weight excluding hydrogens is 546 g/mol. The molecule has 0 bridgehead atoms. The minimum Gasteiger partial charge on any atom is -0.478 e. The standard InChI is InChI=1S/C34H55N3O6/c1-13-14-18-23(4)21-25(22(2)3)35-28(38)26(32(5,6)7)36-29(39)27(33(8,9)24-19-16-15-17-20-24)37(12)31(42)43-34(10,11)30(40)41/h15-17,19-22,25-27H,13-14,18H2,1-12H3,(H,35,38)(H,36,39)(H,40,41)/t25-,26-,27-/m1/s1. The molecule has 1 rings (SSSR count). The van der Waals surface area contributed by atoms with Crippen LogP contribution < -0.4 is 10.6 Å². The van der Waals surface area contributed by atoms with Gasteiger partial charge in [0, 0.05) is 18.5 Å². The van der Waals surface area contributed by atoms with E-state index in [2.05, 4.69) is 30.6 Å². The number of ether oxygens (including phenoxy) is 1. The van der Waals surface area contributed by atoms with Gasteiger partial charge in [-0.2, -0.15) is 0 Å². The van der Waals surface area contributed by atoms with E-state index in [0.29, 0.717) is 0 Å². The summed E-state index contributed by atoms with van der Waals surface area (Å²) < 4.78 is 5.31. The van der Waals surface area contributed by atoms with Gasteiger partial charge in [-0.3, -0.25) is 14.5 Å². The maximum absolute atomic E-state index is 14.2. The van der Waals surface area contributed by atoms with Crippen molar-refractivity contribution in [2.75, 3.05) is 7.05 Å². The minimum atomic E-state index is -1.81. The summed E-state index contributed by atoms with van der Waals surface area (Å²) in [6.07, 6.45) is 4.22. The zero-order valence-corrected chi connectivity index (χ0v) is 28.3. The molecule has 0 aliphatic heterocycles. The van der Waals surface area contributed by atoms with Crippen LogP contribution in [0, 0.1) is 11.3 Å². The van der Waals surface area contributed by atoms with Gasteiger partial charge in [0.15, 0.2) is 0 Å². The first-order valence-electron chi connectivity index (χ1n) is 15.2. The van der Waals surface area contributed by atoms with Gasteiger partial charge in [0.2, 0.25) is 17.4 Å². The molecular formula is C34H55N3O6. The van der Waals surface area contributed by atoms with Gasteiger partial charge >= 0.3 is 12.1 Å². The highest BCUT2D eigenvalue weighted by Gasteiger charge is 2.46. The molecule has 1 aromatic carbocycles. The fraction of sp³-hybridized carbons (Fsp3) is 0.647. The largest absolute Gasteiger partial charge is 0.478 e. The highest BCUT2D eigenvalue weighted by Crippen LogP contribution is 2.32. The Kier molecular flexibility index (Phi) is 13.5. The van der Waals surface area contributed by atoms with Crippen LogP contribution in [-0.4, -0.2) is 64.7 Å². The van der Waals surface area contributed by atoms with E-state index in [1.54, 1.807) is 0 Å². The normalized spacial score (nSPS) is 14.9. The number of carboxylic acids is 1. The predicted octanol–water partition coefficient (Wildman–Crippen LogP) is 6.07.